The molecule has 1 aromatic rings. The second-order valence-corrected chi connectivity index (χ2v) is 4.51. The molecule has 0 aromatic heterocycles. The van der Waals surface area contributed by atoms with E-state index in [1.165, 1.54) is 36.8 Å². The van der Waals surface area contributed by atoms with E-state index in [9.17, 15) is 0 Å². The molecule has 14 heavy (non-hydrogen) atoms. The molecule has 0 aliphatic heterocycles. The number of rotatable bonds is 2. The Morgan fingerprint density at radius 3 is 2.43 bits per heavy atom. The number of hydrogen-bond acceptors (Lipinski definition) is 1. The van der Waals surface area contributed by atoms with Crippen LogP contribution in [0.1, 0.15) is 36.8 Å². The number of nitrogens with two attached hydrogens (primary N) is 1. The van der Waals surface area contributed by atoms with Crippen LogP contribution in [0.25, 0.3) is 0 Å². The molecule has 1 saturated carbocycles. The lowest BCUT2D eigenvalue weighted by atomic mass is 9.77. The van der Waals surface area contributed by atoms with E-state index in [0.717, 1.165) is 6.54 Å². The van der Waals surface area contributed by atoms with E-state index < -0.39 is 0 Å². The lowest BCUT2D eigenvalue weighted by molar-refractivity contribution is 0.450. The number of benzene rings is 1. The van der Waals surface area contributed by atoms with Gasteiger partial charge in [0.25, 0.3) is 0 Å². The van der Waals surface area contributed by atoms with E-state index in [4.69, 9.17) is 5.73 Å². The smallest absolute Gasteiger partial charge is 0.00781 e. The average molecular weight is 189 g/mol. The summed E-state index contributed by atoms with van der Waals surface area (Å²) in [6, 6.07) is 8.70. The van der Waals surface area contributed by atoms with E-state index in [-0.39, 0.29) is 0 Å². The first-order valence-corrected chi connectivity index (χ1v) is 5.55. The highest BCUT2D eigenvalue weighted by atomic mass is 14.6. The predicted molar refractivity (Wildman–Crippen MR) is 60.4 cm³/mol. The third-order valence-electron chi connectivity index (χ3n) is 3.67. The van der Waals surface area contributed by atoms with E-state index in [2.05, 4.69) is 31.2 Å². The van der Waals surface area contributed by atoms with Gasteiger partial charge in [-0.2, -0.15) is 0 Å². The van der Waals surface area contributed by atoms with Crippen molar-refractivity contribution >= 4 is 0 Å². The summed E-state index contributed by atoms with van der Waals surface area (Å²) in [6.45, 7) is 3.00. The van der Waals surface area contributed by atoms with Crippen molar-refractivity contribution in [2.75, 3.05) is 6.54 Å². The molecule has 1 fully saturated rings. The summed E-state index contributed by atoms with van der Waals surface area (Å²) < 4.78 is 0. The molecular weight excluding hydrogens is 170 g/mol. The van der Waals surface area contributed by atoms with Gasteiger partial charge in [-0.3, -0.25) is 0 Å². The van der Waals surface area contributed by atoms with Crippen molar-refractivity contribution in [3.05, 3.63) is 35.4 Å². The lowest BCUT2D eigenvalue weighted by Gasteiger charge is -2.29. The third-order valence-corrected chi connectivity index (χ3v) is 3.67. The van der Waals surface area contributed by atoms with Gasteiger partial charge in [0.05, 0.1) is 0 Å². The van der Waals surface area contributed by atoms with Crippen LogP contribution >= 0.6 is 0 Å². The van der Waals surface area contributed by atoms with Gasteiger partial charge in [-0.25, -0.2) is 0 Å². The molecule has 0 amide bonds. The van der Waals surface area contributed by atoms with Crippen LogP contribution in [0.15, 0.2) is 24.3 Å². The minimum absolute atomic E-state index is 0.297. The molecule has 2 N–H and O–H groups in total. The maximum absolute atomic E-state index is 5.97. The van der Waals surface area contributed by atoms with Gasteiger partial charge < -0.3 is 5.73 Å². The third kappa shape index (κ3) is 1.46. The first-order chi connectivity index (χ1) is 6.78. The summed E-state index contributed by atoms with van der Waals surface area (Å²) in [7, 11) is 0. The quantitative estimate of drug-likeness (QED) is 0.760. The molecule has 0 spiro atoms. The Balaban J connectivity index is 2.41. The summed E-state index contributed by atoms with van der Waals surface area (Å²) in [5.41, 5.74) is 9.16. The molecule has 1 aromatic carbocycles. The predicted octanol–water partition coefficient (Wildman–Crippen LogP) is 2.77. The summed E-state index contributed by atoms with van der Waals surface area (Å²) in [5.74, 6) is 0. The van der Waals surface area contributed by atoms with Crippen molar-refractivity contribution in [2.45, 2.75) is 38.0 Å². The molecule has 0 saturated heterocycles. The Morgan fingerprint density at radius 1 is 1.21 bits per heavy atom. The molecule has 76 valence electrons. The standard InChI is InChI=1S/C13H19N/c1-11-6-2-3-7-12(11)13(10-14)8-4-5-9-13/h2-3,6-7H,4-5,8-10,14H2,1H3. The van der Waals surface area contributed by atoms with Crippen LogP contribution in [0.3, 0.4) is 0 Å². The highest BCUT2D eigenvalue weighted by Crippen LogP contribution is 2.41. The summed E-state index contributed by atoms with van der Waals surface area (Å²) in [5, 5.41) is 0. The van der Waals surface area contributed by atoms with Gasteiger partial charge in [0.1, 0.15) is 0 Å². The Bertz CT molecular complexity index is 311. The van der Waals surface area contributed by atoms with Gasteiger partial charge in [0, 0.05) is 12.0 Å². The van der Waals surface area contributed by atoms with E-state index in [1.54, 1.807) is 0 Å². The molecular formula is C13H19N. The van der Waals surface area contributed by atoms with Gasteiger partial charge in [-0.05, 0) is 30.9 Å². The van der Waals surface area contributed by atoms with Crippen LogP contribution < -0.4 is 5.73 Å². The molecule has 1 aliphatic carbocycles. The molecule has 0 heterocycles. The van der Waals surface area contributed by atoms with E-state index in [0.29, 0.717) is 5.41 Å². The van der Waals surface area contributed by atoms with Crippen molar-refractivity contribution < 1.29 is 0 Å². The van der Waals surface area contributed by atoms with E-state index >= 15 is 0 Å². The van der Waals surface area contributed by atoms with Crippen LogP contribution in [0, 0.1) is 6.92 Å². The van der Waals surface area contributed by atoms with Gasteiger partial charge in [-0.1, -0.05) is 37.1 Å². The van der Waals surface area contributed by atoms with Crippen molar-refractivity contribution in [3.63, 3.8) is 0 Å². The molecule has 1 nitrogen and oxygen atoms in total. The van der Waals surface area contributed by atoms with Gasteiger partial charge >= 0.3 is 0 Å². The minimum Gasteiger partial charge on any atom is -0.330 e. The second-order valence-electron chi connectivity index (χ2n) is 4.51. The average Bonchev–Trinajstić information content (AvgIpc) is 2.68. The van der Waals surface area contributed by atoms with Gasteiger partial charge in [0.2, 0.25) is 0 Å². The first kappa shape index (κ1) is 9.72. The summed E-state index contributed by atoms with van der Waals surface area (Å²) >= 11 is 0. The zero-order valence-corrected chi connectivity index (χ0v) is 8.92. The zero-order valence-electron chi connectivity index (χ0n) is 8.92. The van der Waals surface area contributed by atoms with Crippen LogP contribution in [0.4, 0.5) is 0 Å². The van der Waals surface area contributed by atoms with Crippen molar-refractivity contribution in [3.8, 4) is 0 Å². The molecule has 1 aliphatic rings. The molecule has 0 bridgehead atoms. The van der Waals surface area contributed by atoms with E-state index in [1.807, 2.05) is 0 Å². The second kappa shape index (κ2) is 3.74. The van der Waals surface area contributed by atoms with Crippen LogP contribution in [0.2, 0.25) is 0 Å². The normalized spacial score (nSPS) is 19.9. The molecule has 0 atom stereocenters. The Morgan fingerprint density at radius 2 is 1.86 bits per heavy atom. The first-order valence-electron chi connectivity index (χ1n) is 5.55. The largest absolute Gasteiger partial charge is 0.330 e. The Hall–Kier alpha value is -0.820. The van der Waals surface area contributed by atoms with Crippen molar-refractivity contribution in [2.24, 2.45) is 5.73 Å². The fourth-order valence-electron chi connectivity index (χ4n) is 2.80. The van der Waals surface area contributed by atoms with Crippen LogP contribution in [-0.4, -0.2) is 6.54 Å². The SMILES string of the molecule is Cc1ccccc1C1(CN)CCCC1. The van der Waals surface area contributed by atoms with Crippen molar-refractivity contribution in [1.29, 1.82) is 0 Å². The maximum Gasteiger partial charge on any atom is 0.00781 e. The Kier molecular flexibility index (Phi) is 2.60. The highest BCUT2D eigenvalue weighted by Gasteiger charge is 2.34. The lowest BCUT2D eigenvalue weighted by Crippen LogP contribution is -2.32. The van der Waals surface area contributed by atoms with Gasteiger partial charge in [-0.15, -0.1) is 0 Å². The highest BCUT2D eigenvalue weighted by molar-refractivity contribution is 5.34. The molecule has 2 rings (SSSR count). The zero-order chi connectivity index (χ0) is 10.0. The molecule has 1 heteroatoms. The van der Waals surface area contributed by atoms with Crippen molar-refractivity contribution in [1.82, 2.24) is 0 Å². The Labute approximate surface area is 86.3 Å². The molecule has 0 radical (unpaired) electrons. The minimum atomic E-state index is 0.297. The van der Waals surface area contributed by atoms with Crippen LogP contribution in [-0.2, 0) is 5.41 Å². The monoisotopic (exact) mass is 189 g/mol. The number of aryl methyl sites for hydroxylation is 1. The maximum atomic E-state index is 5.97. The molecule has 0 unspecified atom stereocenters. The summed E-state index contributed by atoms with van der Waals surface area (Å²) in [6.07, 6.45) is 5.22. The summed E-state index contributed by atoms with van der Waals surface area (Å²) in [4.78, 5) is 0. The van der Waals surface area contributed by atoms with Crippen LogP contribution in [0.5, 0.6) is 0 Å². The fraction of sp³-hybridized carbons (Fsp3) is 0.538. The fourth-order valence-corrected chi connectivity index (χ4v) is 2.80. The number of hydrogen-bond donors (Lipinski definition) is 1. The van der Waals surface area contributed by atoms with Gasteiger partial charge in [0.15, 0.2) is 0 Å². The topological polar surface area (TPSA) is 26.0 Å².